The highest BCUT2D eigenvalue weighted by atomic mass is 16.5. The number of hydrogen-bond donors (Lipinski definition) is 1. The van der Waals surface area contributed by atoms with Gasteiger partial charge in [-0.2, -0.15) is 0 Å². The van der Waals surface area contributed by atoms with Gasteiger partial charge in [0.15, 0.2) is 0 Å². The summed E-state index contributed by atoms with van der Waals surface area (Å²) in [6.45, 7) is 9.38. The molecular weight excluding hydrogens is 480 g/mol. The van der Waals surface area contributed by atoms with E-state index in [0.717, 1.165) is 11.6 Å². The average Bonchev–Trinajstić information content (AvgIpc) is 2.90. The SMILES string of the molecule is C=CC(=O)OCCCOc1ccc(OC(=O)c2ccc(OCCCCOC(=O)C(=C)CO)cc2)cc1C. The zero-order valence-electron chi connectivity index (χ0n) is 20.9. The zero-order chi connectivity index (χ0) is 27.0. The minimum absolute atomic E-state index is 0.0217. The van der Waals surface area contributed by atoms with Gasteiger partial charge in [-0.3, -0.25) is 0 Å². The van der Waals surface area contributed by atoms with Crippen LogP contribution in [0.4, 0.5) is 0 Å². The van der Waals surface area contributed by atoms with Crippen molar-refractivity contribution < 1.29 is 43.2 Å². The summed E-state index contributed by atoms with van der Waals surface area (Å²) in [5.74, 6) is 0.0486. The third-order valence-corrected chi connectivity index (χ3v) is 4.92. The fraction of sp³-hybridized carbons (Fsp3) is 0.321. The first kappa shape index (κ1) is 29.1. The van der Waals surface area contributed by atoms with Crippen LogP contribution in [0.5, 0.6) is 17.2 Å². The lowest BCUT2D eigenvalue weighted by Crippen LogP contribution is -2.11. The molecule has 0 aliphatic heterocycles. The maximum Gasteiger partial charge on any atom is 0.343 e. The Morgan fingerprint density at radius 3 is 2.19 bits per heavy atom. The number of carbonyl (C=O) groups excluding carboxylic acids is 3. The molecule has 9 nitrogen and oxygen atoms in total. The molecule has 0 heterocycles. The van der Waals surface area contributed by atoms with E-state index in [1.807, 2.05) is 6.92 Å². The van der Waals surface area contributed by atoms with Gasteiger partial charge in [-0.05, 0) is 67.8 Å². The molecule has 0 unspecified atom stereocenters. The molecule has 2 aromatic carbocycles. The molecule has 0 radical (unpaired) electrons. The Morgan fingerprint density at radius 2 is 1.51 bits per heavy atom. The molecule has 0 saturated heterocycles. The number of ether oxygens (including phenoxy) is 5. The molecule has 198 valence electrons. The van der Waals surface area contributed by atoms with E-state index < -0.39 is 24.5 Å². The van der Waals surface area contributed by atoms with E-state index >= 15 is 0 Å². The number of unbranched alkanes of at least 4 members (excludes halogenated alkanes) is 1. The van der Waals surface area contributed by atoms with Crippen molar-refractivity contribution in [1.82, 2.24) is 0 Å². The highest BCUT2D eigenvalue weighted by Crippen LogP contribution is 2.24. The number of aryl methyl sites for hydroxylation is 1. The number of hydrogen-bond acceptors (Lipinski definition) is 9. The van der Waals surface area contributed by atoms with Gasteiger partial charge >= 0.3 is 17.9 Å². The van der Waals surface area contributed by atoms with Crippen molar-refractivity contribution in [1.29, 1.82) is 0 Å². The normalized spacial score (nSPS) is 10.2. The van der Waals surface area contributed by atoms with Crippen molar-refractivity contribution >= 4 is 17.9 Å². The molecule has 0 amide bonds. The first-order valence-corrected chi connectivity index (χ1v) is 11.8. The average molecular weight is 513 g/mol. The third kappa shape index (κ3) is 10.6. The summed E-state index contributed by atoms with van der Waals surface area (Å²) in [5, 5.41) is 8.81. The zero-order valence-corrected chi connectivity index (χ0v) is 20.9. The Kier molecular flexibility index (Phi) is 12.4. The number of benzene rings is 2. The largest absolute Gasteiger partial charge is 0.494 e. The predicted octanol–water partition coefficient (Wildman–Crippen LogP) is 3.96. The van der Waals surface area contributed by atoms with Crippen molar-refractivity contribution in [2.45, 2.75) is 26.2 Å². The van der Waals surface area contributed by atoms with E-state index in [4.69, 9.17) is 28.8 Å². The first-order valence-electron chi connectivity index (χ1n) is 11.8. The molecular formula is C28H32O9. The summed E-state index contributed by atoms with van der Waals surface area (Å²) < 4.78 is 26.6. The van der Waals surface area contributed by atoms with Gasteiger partial charge in [-0.1, -0.05) is 13.2 Å². The molecule has 0 spiro atoms. The lowest BCUT2D eigenvalue weighted by molar-refractivity contribution is -0.140. The van der Waals surface area contributed by atoms with Gasteiger partial charge in [0.05, 0.1) is 44.2 Å². The van der Waals surface area contributed by atoms with Gasteiger partial charge in [-0.25, -0.2) is 14.4 Å². The van der Waals surface area contributed by atoms with E-state index in [1.54, 1.807) is 42.5 Å². The lowest BCUT2D eigenvalue weighted by Gasteiger charge is -2.11. The van der Waals surface area contributed by atoms with E-state index in [2.05, 4.69) is 13.2 Å². The molecule has 1 N–H and O–H groups in total. The Labute approximate surface area is 216 Å². The highest BCUT2D eigenvalue weighted by molar-refractivity contribution is 5.91. The maximum absolute atomic E-state index is 12.5. The number of esters is 3. The van der Waals surface area contributed by atoms with Crippen LogP contribution in [-0.4, -0.2) is 56.0 Å². The van der Waals surface area contributed by atoms with Crippen LogP contribution >= 0.6 is 0 Å². The molecule has 0 fully saturated rings. The molecule has 0 aliphatic rings. The summed E-state index contributed by atoms with van der Waals surface area (Å²) in [7, 11) is 0. The van der Waals surface area contributed by atoms with Crippen molar-refractivity contribution in [3.05, 3.63) is 78.4 Å². The number of aliphatic hydroxyl groups excluding tert-OH is 1. The van der Waals surface area contributed by atoms with Crippen molar-refractivity contribution in [3.8, 4) is 17.2 Å². The van der Waals surface area contributed by atoms with Crippen LogP contribution < -0.4 is 14.2 Å². The summed E-state index contributed by atoms with van der Waals surface area (Å²) in [4.78, 5) is 34.9. The summed E-state index contributed by atoms with van der Waals surface area (Å²) in [5.41, 5.74) is 1.19. The minimum Gasteiger partial charge on any atom is -0.494 e. The fourth-order valence-electron chi connectivity index (χ4n) is 2.90. The Bertz CT molecular complexity index is 1070. The number of aliphatic hydroxyl groups is 1. The second kappa shape index (κ2) is 15.8. The van der Waals surface area contributed by atoms with Gasteiger partial charge in [0.1, 0.15) is 17.2 Å². The van der Waals surface area contributed by atoms with Gasteiger partial charge in [-0.15, -0.1) is 0 Å². The molecule has 0 aliphatic carbocycles. The quantitative estimate of drug-likeness (QED) is 0.154. The van der Waals surface area contributed by atoms with Gasteiger partial charge in [0.25, 0.3) is 0 Å². The monoisotopic (exact) mass is 512 g/mol. The van der Waals surface area contributed by atoms with E-state index in [0.29, 0.717) is 55.3 Å². The highest BCUT2D eigenvalue weighted by Gasteiger charge is 2.11. The molecule has 37 heavy (non-hydrogen) atoms. The minimum atomic E-state index is -0.606. The van der Waals surface area contributed by atoms with Gasteiger partial charge < -0.3 is 28.8 Å². The van der Waals surface area contributed by atoms with Crippen LogP contribution in [0.15, 0.2) is 67.3 Å². The third-order valence-electron chi connectivity index (χ3n) is 4.92. The van der Waals surface area contributed by atoms with Crippen LogP contribution in [0.25, 0.3) is 0 Å². The van der Waals surface area contributed by atoms with Crippen LogP contribution in [0, 0.1) is 6.92 Å². The van der Waals surface area contributed by atoms with Crippen molar-refractivity contribution in [2.24, 2.45) is 0 Å². The van der Waals surface area contributed by atoms with Crippen LogP contribution in [0.3, 0.4) is 0 Å². The molecule has 0 aromatic heterocycles. The molecule has 0 saturated carbocycles. The fourth-order valence-corrected chi connectivity index (χ4v) is 2.90. The topological polar surface area (TPSA) is 118 Å². The standard InChI is InChI=1S/C28H32O9/c1-4-26(30)35-17-7-16-34-25-13-12-24(18-20(25)2)37-28(32)22-8-10-23(11-9-22)33-14-5-6-15-36-27(31)21(3)19-29/h4,8-13,18,29H,1,3,5-7,14-17,19H2,2H3. The molecule has 2 rings (SSSR count). The number of rotatable bonds is 16. The Morgan fingerprint density at radius 1 is 0.865 bits per heavy atom. The molecule has 0 bridgehead atoms. The Balaban J connectivity index is 1.72. The van der Waals surface area contributed by atoms with Crippen LogP contribution in [-0.2, 0) is 19.1 Å². The van der Waals surface area contributed by atoms with E-state index in [1.165, 1.54) is 0 Å². The van der Waals surface area contributed by atoms with Crippen molar-refractivity contribution in [2.75, 3.05) is 33.0 Å². The molecule has 2 aromatic rings. The summed E-state index contributed by atoms with van der Waals surface area (Å²) in [6, 6.07) is 11.7. The smallest absolute Gasteiger partial charge is 0.343 e. The second-order valence-electron chi connectivity index (χ2n) is 7.87. The van der Waals surface area contributed by atoms with E-state index in [-0.39, 0.29) is 18.8 Å². The summed E-state index contributed by atoms with van der Waals surface area (Å²) >= 11 is 0. The van der Waals surface area contributed by atoms with Gasteiger partial charge in [0, 0.05) is 12.5 Å². The molecule has 0 atom stereocenters. The Hall–Kier alpha value is -4.11. The van der Waals surface area contributed by atoms with Crippen molar-refractivity contribution in [3.63, 3.8) is 0 Å². The van der Waals surface area contributed by atoms with Crippen LogP contribution in [0.2, 0.25) is 0 Å². The second-order valence-corrected chi connectivity index (χ2v) is 7.87. The number of carbonyl (C=O) groups is 3. The maximum atomic E-state index is 12.5. The predicted molar refractivity (Wildman–Crippen MR) is 136 cm³/mol. The van der Waals surface area contributed by atoms with Crippen LogP contribution in [0.1, 0.15) is 35.2 Å². The van der Waals surface area contributed by atoms with E-state index in [9.17, 15) is 14.4 Å². The van der Waals surface area contributed by atoms with Gasteiger partial charge in [0.2, 0.25) is 0 Å². The lowest BCUT2D eigenvalue weighted by atomic mass is 10.2. The first-order chi connectivity index (χ1) is 17.8. The molecule has 9 heteroatoms. The summed E-state index contributed by atoms with van der Waals surface area (Å²) in [6.07, 6.45) is 2.90.